The van der Waals surface area contributed by atoms with Crippen molar-refractivity contribution < 1.29 is 17.9 Å². The van der Waals surface area contributed by atoms with Crippen molar-refractivity contribution in [3.05, 3.63) is 11.8 Å². The number of aromatic nitrogens is 2. The average molecular weight is 180 g/mol. The minimum atomic E-state index is -4.40. The summed E-state index contributed by atoms with van der Waals surface area (Å²) >= 11 is 0. The molecule has 0 aliphatic heterocycles. The number of rotatable bonds is 1. The van der Waals surface area contributed by atoms with E-state index in [1.807, 2.05) is 0 Å². The molecule has 0 atom stereocenters. The largest absolute Gasteiger partial charge is 0.480 e. The van der Waals surface area contributed by atoms with Crippen molar-refractivity contribution in [1.29, 1.82) is 0 Å². The Hall–Kier alpha value is -1.20. The molecule has 12 heavy (non-hydrogen) atoms. The lowest BCUT2D eigenvalue weighted by Gasteiger charge is -2.03. The fourth-order valence-electron chi connectivity index (χ4n) is 0.813. The van der Waals surface area contributed by atoms with Gasteiger partial charge >= 0.3 is 6.18 Å². The van der Waals surface area contributed by atoms with Crippen molar-refractivity contribution in [2.45, 2.75) is 6.18 Å². The topological polar surface area (TPSA) is 27.1 Å². The Bertz CT molecular complexity index is 279. The Morgan fingerprint density at radius 1 is 1.50 bits per heavy atom. The van der Waals surface area contributed by atoms with E-state index >= 15 is 0 Å². The van der Waals surface area contributed by atoms with Gasteiger partial charge in [-0.3, -0.25) is 4.68 Å². The van der Waals surface area contributed by atoms with E-state index in [1.165, 1.54) is 7.05 Å². The smallest absolute Gasteiger partial charge is 0.423 e. The fraction of sp³-hybridized carbons (Fsp3) is 0.500. The van der Waals surface area contributed by atoms with E-state index in [-0.39, 0.29) is 0 Å². The van der Waals surface area contributed by atoms with Gasteiger partial charge in [0.05, 0.1) is 7.11 Å². The highest BCUT2D eigenvalue weighted by molar-refractivity contribution is 5.26. The number of hydrogen-bond acceptors (Lipinski definition) is 2. The van der Waals surface area contributed by atoms with Crippen LogP contribution in [0.4, 0.5) is 13.2 Å². The van der Waals surface area contributed by atoms with Crippen molar-refractivity contribution in [2.75, 3.05) is 7.11 Å². The molecule has 1 rings (SSSR count). The molecule has 6 heteroatoms. The predicted molar refractivity (Wildman–Crippen MR) is 34.8 cm³/mol. The third-order valence-corrected chi connectivity index (χ3v) is 1.29. The molecule has 0 radical (unpaired) electrons. The molecule has 0 N–H and O–H groups in total. The minimum Gasteiger partial charge on any atom is -0.480 e. The van der Waals surface area contributed by atoms with Gasteiger partial charge in [-0.05, 0) is 0 Å². The van der Waals surface area contributed by atoms with Crippen molar-refractivity contribution in [3.8, 4) is 5.88 Å². The molecule has 0 amide bonds. The lowest BCUT2D eigenvalue weighted by molar-refractivity contribution is -0.138. The lowest BCUT2D eigenvalue weighted by Crippen LogP contribution is -2.05. The number of aryl methyl sites for hydroxylation is 1. The van der Waals surface area contributed by atoms with Crippen molar-refractivity contribution in [1.82, 2.24) is 9.78 Å². The molecule has 1 aromatic rings. The zero-order chi connectivity index (χ0) is 9.35. The first-order chi connectivity index (χ1) is 5.45. The van der Waals surface area contributed by atoms with E-state index in [0.29, 0.717) is 0 Å². The molecule has 0 aromatic carbocycles. The number of halogens is 3. The molecular formula is C6H7F3N2O. The van der Waals surface area contributed by atoms with Crippen molar-refractivity contribution in [3.63, 3.8) is 0 Å². The summed E-state index contributed by atoms with van der Waals surface area (Å²) in [6.45, 7) is 0. The highest BCUT2D eigenvalue weighted by atomic mass is 19.4. The molecule has 0 saturated heterocycles. The SMILES string of the molecule is COc1nn(C)cc1C(F)(F)F. The van der Waals surface area contributed by atoms with Crippen LogP contribution in [0.2, 0.25) is 0 Å². The minimum absolute atomic E-state index is 0.398. The number of hydrogen-bond donors (Lipinski definition) is 0. The molecule has 0 saturated carbocycles. The van der Waals surface area contributed by atoms with Crippen LogP contribution in [-0.4, -0.2) is 16.9 Å². The van der Waals surface area contributed by atoms with Crippen LogP contribution < -0.4 is 4.74 Å². The van der Waals surface area contributed by atoms with E-state index in [2.05, 4.69) is 9.84 Å². The maximum Gasteiger partial charge on any atom is 0.423 e. The maximum absolute atomic E-state index is 12.1. The first kappa shape index (κ1) is 8.89. The third-order valence-electron chi connectivity index (χ3n) is 1.29. The Labute approximate surface area is 66.7 Å². The van der Waals surface area contributed by atoms with Gasteiger partial charge in [0.25, 0.3) is 0 Å². The molecule has 1 heterocycles. The first-order valence-electron chi connectivity index (χ1n) is 3.10. The second-order valence-electron chi connectivity index (χ2n) is 2.22. The monoisotopic (exact) mass is 180 g/mol. The standard InChI is InChI=1S/C6H7F3N2O/c1-11-3-4(6(7,8)9)5(10-11)12-2/h3H,1-2H3. The molecule has 1 aromatic heterocycles. The van der Waals surface area contributed by atoms with Gasteiger partial charge in [-0.1, -0.05) is 0 Å². The Kier molecular flexibility index (Phi) is 1.99. The van der Waals surface area contributed by atoms with Gasteiger partial charge in [0, 0.05) is 13.2 Å². The van der Waals surface area contributed by atoms with Crippen molar-refractivity contribution in [2.24, 2.45) is 7.05 Å². The van der Waals surface area contributed by atoms with Gasteiger partial charge in [0.2, 0.25) is 5.88 Å². The van der Waals surface area contributed by atoms with Crippen LogP contribution in [0.5, 0.6) is 5.88 Å². The molecule has 0 fully saturated rings. The highest BCUT2D eigenvalue weighted by Gasteiger charge is 2.36. The molecule has 0 bridgehead atoms. The van der Waals surface area contributed by atoms with Crippen LogP contribution in [0.1, 0.15) is 5.56 Å². The third kappa shape index (κ3) is 1.51. The van der Waals surface area contributed by atoms with E-state index in [9.17, 15) is 13.2 Å². The number of alkyl halides is 3. The van der Waals surface area contributed by atoms with Gasteiger partial charge in [0.15, 0.2) is 0 Å². The van der Waals surface area contributed by atoms with Gasteiger partial charge in [-0.2, -0.15) is 13.2 Å². The van der Waals surface area contributed by atoms with E-state index in [1.54, 1.807) is 0 Å². The maximum atomic E-state index is 12.1. The van der Waals surface area contributed by atoms with Crippen LogP contribution in [0.15, 0.2) is 6.20 Å². The number of nitrogens with zero attached hydrogens (tertiary/aromatic N) is 2. The zero-order valence-corrected chi connectivity index (χ0v) is 6.51. The summed E-state index contributed by atoms with van der Waals surface area (Å²) < 4.78 is 41.8. The quantitative estimate of drug-likeness (QED) is 0.654. The van der Waals surface area contributed by atoms with Crippen LogP contribution in [0.3, 0.4) is 0 Å². The molecule has 0 aliphatic carbocycles. The summed E-state index contributed by atoms with van der Waals surface area (Å²) in [5.41, 5.74) is -0.854. The summed E-state index contributed by atoms with van der Waals surface area (Å²) in [7, 11) is 2.55. The second-order valence-corrected chi connectivity index (χ2v) is 2.22. The van der Waals surface area contributed by atoms with Gasteiger partial charge in [0.1, 0.15) is 5.56 Å². The van der Waals surface area contributed by atoms with Crippen LogP contribution >= 0.6 is 0 Å². The fourth-order valence-corrected chi connectivity index (χ4v) is 0.813. The van der Waals surface area contributed by atoms with Crippen LogP contribution in [0.25, 0.3) is 0 Å². The Morgan fingerprint density at radius 3 is 2.42 bits per heavy atom. The highest BCUT2D eigenvalue weighted by Crippen LogP contribution is 2.34. The van der Waals surface area contributed by atoms with Crippen molar-refractivity contribution >= 4 is 0 Å². The normalized spacial score (nSPS) is 11.8. The van der Waals surface area contributed by atoms with Gasteiger partial charge in [-0.15, -0.1) is 5.10 Å². The molecule has 0 spiro atoms. The van der Waals surface area contributed by atoms with E-state index in [4.69, 9.17) is 0 Å². The predicted octanol–water partition coefficient (Wildman–Crippen LogP) is 1.45. The summed E-state index contributed by atoms with van der Waals surface area (Å²) in [4.78, 5) is 0. The summed E-state index contributed by atoms with van der Waals surface area (Å²) in [5, 5.41) is 3.47. The summed E-state index contributed by atoms with van der Waals surface area (Å²) in [6.07, 6.45) is -3.53. The van der Waals surface area contributed by atoms with Gasteiger partial charge < -0.3 is 4.74 Å². The molecule has 0 aliphatic rings. The van der Waals surface area contributed by atoms with E-state index in [0.717, 1.165) is 18.0 Å². The van der Waals surface area contributed by atoms with Crippen LogP contribution in [0, 0.1) is 0 Å². The summed E-state index contributed by atoms with van der Waals surface area (Å²) in [5.74, 6) is -0.398. The molecular weight excluding hydrogens is 173 g/mol. The molecule has 0 unspecified atom stereocenters. The second kappa shape index (κ2) is 2.69. The summed E-state index contributed by atoms with van der Waals surface area (Å²) in [6, 6.07) is 0. The van der Waals surface area contributed by atoms with Crippen LogP contribution in [-0.2, 0) is 13.2 Å². The number of methoxy groups -OCH3 is 1. The molecule has 3 nitrogen and oxygen atoms in total. The lowest BCUT2D eigenvalue weighted by atomic mass is 10.3. The number of ether oxygens (including phenoxy) is 1. The zero-order valence-electron chi connectivity index (χ0n) is 6.51. The van der Waals surface area contributed by atoms with Gasteiger partial charge in [-0.25, -0.2) is 0 Å². The Morgan fingerprint density at radius 2 is 2.08 bits per heavy atom. The molecule has 68 valence electrons. The Balaban J connectivity index is 3.13. The first-order valence-corrected chi connectivity index (χ1v) is 3.10. The average Bonchev–Trinajstić information content (AvgIpc) is 2.29. The van der Waals surface area contributed by atoms with E-state index < -0.39 is 17.6 Å².